The van der Waals surface area contributed by atoms with Crippen molar-refractivity contribution in [3.8, 4) is 0 Å². The van der Waals surface area contributed by atoms with E-state index in [1.165, 1.54) is 12.3 Å². The standard InChI is InChI=1S/C12H15F3N2/c13-12(14,15)11-8-16-6-4-9(11)7-10-3-1-2-5-17-10/h4,6,8,10,17H,1-3,5,7H2. The lowest BCUT2D eigenvalue weighted by atomic mass is 9.96. The molecular formula is C12H15F3N2. The maximum atomic E-state index is 12.7. The highest BCUT2D eigenvalue weighted by atomic mass is 19.4. The number of pyridine rings is 1. The number of piperidine rings is 1. The van der Waals surface area contributed by atoms with E-state index in [0.29, 0.717) is 12.0 Å². The van der Waals surface area contributed by atoms with Gasteiger partial charge in [-0.05, 0) is 37.4 Å². The van der Waals surface area contributed by atoms with Crippen LogP contribution in [0.25, 0.3) is 0 Å². The van der Waals surface area contributed by atoms with Gasteiger partial charge in [-0.3, -0.25) is 4.98 Å². The van der Waals surface area contributed by atoms with E-state index < -0.39 is 11.7 Å². The van der Waals surface area contributed by atoms with Crippen molar-refractivity contribution in [3.05, 3.63) is 29.6 Å². The van der Waals surface area contributed by atoms with Crippen molar-refractivity contribution < 1.29 is 13.2 Å². The lowest BCUT2D eigenvalue weighted by molar-refractivity contribution is -0.138. The summed E-state index contributed by atoms with van der Waals surface area (Å²) >= 11 is 0. The highest BCUT2D eigenvalue weighted by Crippen LogP contribution is 2.32. The predicted octanol–water partition coefficient (Wildman–Crippen LogP) is 2.79. The smallest absolute Gasteiger partial charge is 0.314 e. The second-order valence-electron chi connectivity index (χ2n) is 4.38. The van der Waals surface area contributed by atoms with Crippen molar-refractivity contribution in [2.45, 2.75) is 37.9 Å². The topological polar surface area (TPSA) is 24.9 Å². The molecule has 1 N–H and O–H groups in total. The molecule has 94 valence electrons. The van der Waals surface area contributed by atoms with Gasteiger partial charge in [-0.25, -0.2) is 0 Å². The quantitative estimate of drug-likeness (QED) is 0.865. The van der Waals surface area contributed by atoms with Crippen molar-refractivity contribution in [2.24, 2.45) is 0 Å². The second kappa shape index (κ2) is 5.04. The minimum absolute atomic E-state index is 0.159. The summed E-state index contributed by atoms with van der Waals surface area (Å²) < 4.78 is 38.2. The molecule has 2 rings (SSSR count). The molecule has 5 heteroatoms. The lowest BCUT2D eigenvalue weighted by Gasteiger charge is -2.24. The molecule has 2 nitrogen and oxygen atoms in total. The number of nitrogens with zero attached hydrogens (tertiary/aromatic N) is 1. The molecule has 0 aromatic carbocycles. The van der Waals surface area contributed by atoms with E-state index in [1.54, 1.807) is 0 Å². The molecule has 0 spiro atoms. The van der Waals surface area contributed by atoms with Gasteiger partial charge in [0.15, 0.2) is 0 Å². The molecule has 0 radical (unpaired) electrons. The molecule has 0 saturated carbocycles. The average molecular weight is 244 g/mol. The Bertz CT molecular complexity index is 370. The van der Waals surface area contributed by atoms with Crippen LogP contribution in [0.15, 0.2) is 18.5 Å². The normalized spacial score (nSPS) is 21.5. The van der Waals surface area contributed by atoms with E-state index >= 15 is 0 Å². The van der Waals surface area contributed by atoms with Crippen LogP contribution in [0.3, 0.4) is 0 Å². The predicted molar refractivity (Wildman–Crippen MR) is 58.6 cm³/mol. The molecule has 1 aromatic rings. The number of rotatable bonds is 2. The van der Waals surface area contributed by atoms with Gasteiger partial charge in [-0.15, -0.1) is 0 Å². The first-order chi connectivity index (χ1) is 8.07. The van der Waals surface area contributed by atoms with E-state index in [-0.39, 0.29) is 6.04 Å². The summed E-state index contributed by atoms with van der Waals surface area (Å²) in [5.41, 5.74) is -0.265. The van der Waals surface area contributed by atoms with Crippen LogP contribution in [0, 0.1) is 0 Å². The minimum atomic E-state index is -4.31. The molecule has 1 unspecified atom stereocenters. The Kier molecular flexibility index (Phi) is 3.66. The van der Waals surface area contributed by atoms with Crippen LogP contribution < -0.4 is 5.32 Å². The van der Waals surface area contributed by atoms with Crippen LogP contribution in [0.2, 0.25) is 0 Å². The number of nitrogens with one attached hydrogen (secondary N) is 1. The largest absolute Gasteiger partial charge is 0.418 e. The molecule has 1 aromatic heterocycles. The molecule has 0 amide bonds. The first-order valence-electron chi connectivity index (χ1n) is 5.81. The molecule has 1 aliphatic heterocycles. The number of aromatic nitrogens is 1. The number of hydrogen-bond donors (Lipinski definition) is 1. The van der Waals surface area contributed by atoms with Gasteiger partial charge >= 0.3 is 6.18 Å². The summed E-state index contributed by atoms with van der Waals surface area (Å²) in [6.07, 6.45) is 1.60. The number of halogens is 3. The Hall–Kier alpha value is -1.10. The molecular weight excluding hydrogens is 229 g/mol. The summed E-state index contributed by atoms with van der Waals surface area (Å²) in [5, 5.41) is 3.26. The van der Waals surface area contributed by atoms with Crippen LogP contribution in [0.5, 0.6) is 0 Å². The fraction of sp³-hybridized carbons (Fsp3) is 0.583. The maximum absolute atomic E-state index is 12.7. The lowest BCUT2D eigenvalue weighted by Crippen LogP contribution is -2.36. The average Bonchev–Trinajstić information content (AvgIpc) is 2.30. The maximum Gasteiger partial charge on any atom is 0.418 e. The third kappa shape index (κ3) is 3.19. The first kappa shape index (κ1) is 12.4. The summed E-state index contributed by atoms with van der Waals surface area (Å²) in [6, 6.07) is 1.63. The van der Waals surface area contributed by atoms with Gasteiger partial charge in [-0.2, -0.15) is 13.2 Å². The van der Waals surface area contributed by atoms with Gasteiger partial charge in [0, 0.05) is 18.4 Å². The molecule has 17 heavy (non-hydrogen) atoms. The second-order valence-corrected chi connectivity index (χ2v) is 4.38. The van der Waals surface area contributed by atoms with Crippen molar-refractivity contribution in [2.75, 3.05) is 6.54 Å². The van der Waals surface area contributed by atoms with Crippen molar-refractivity contribution >= 4 is 0 Å². The minimum Gasteiger partial charge on any atom is -0.314 e. The van der Waals surface area contributed by atoms with Gasteiger partial charge in [0.1, 0.15) is 0 Å². The molecule has 0 aliphatic carbocycles. The summed E-state index contributed by atoms with van der Waals surface area (Å²) in [7, 11) is 0. The Labute approximate surface area is 98.2 Å². The third-order valence-corrected chi connectivity index (χ3v) is 3.10. The van der Waals surface area contributed by atoms with Crippen LogP contribution in [-0.2, 0) is 12.6 Å². The van der Waals surface area contributed by atoms with Crippen molar-refractivity contribution in [1.29, 1.82) is 0 Å². The fourth-order valence-corrected chi connectivity index (χ4v) is 2.22. The van der Waals surface area contributed by atoms with Gasteiger partial charge in [-0.1, -0.05) is 6.42 Å². The molecule has 1 atom stereocenters. The van der Waals surface area contributed by atoms with Gasteiger partial charge in [0.05, 0.1) is 5.56 Å². The Morgan fingerprint density at radius 2 is 2.18 bits per heavy atom. The van der Waals surface area contributed by atoms with Crippen LogP contribution in [0.4, 0.5) is 13.2 Å². The van der Waals surface area contributed by atoms with Crippen molar-refractivity contribution in [3.63, 3.8) is 0 Å². The number of alkyl halides is 3. The fourth-order valence-electron chi connectivity index (χ4n) is 2.22. The summed E-state index contributed by atoms with van der Waals surface area (Å²) in [5.74, 6) is 0. The van der Waals surface area contributed by atoms with Gasteiger partial charge in [0.25, 0.3) is 0 Å². The van der Waals surface area contributed by atoms with Crippen molar-refractivity contribution in [1.82, 2.24) is 10.3 Å². The van der Waals surface area contributed by atoms with Crippen LogP contribution >= 0.6 is 0 Å². The van der Waals surface area contributed by atoms with Crippen LogP contribution in [0.1, 0.15) is 30.4 Å². The number of hydrogen-bond acceptors (Lipinski definition) is 2. The molecule has 2 heterocycles. The summed E-state index contributed by atoms with van der Waals surface area (Å²) in [4.78, 5) is 3.56. The van der Waals surface area contributed by atoms with Gasteiger partial charge < -0.3 is 5.32 Å². The Morgan fingerprint density at radius 3 is 2.82 bits per heavy atom. The molecule has 1 fully saturated rings. The summed E-state index contributed by atoms with van der Waals surface area (Å²) in [6.45, 7) is 0.900. The van der Waals surface area contributed by atoms with E-state index in [1.807, 2.05) is 0 Å². The monoisotopic (exact) mass is 244 g/mol. The third-order valence-electron chi connectivity index (χ3n) is 3.10. The Morgan fingerprint density at radius 1 is 1.35 bits per heavy atom. The van der Waals surface area contributed by atoms with Gasteiger partial charge in [0.2, 0.25) is 0 Å². The van der Waals surface area contributed by atoms with E-state index in [9.17, 15) is 13.2 Å². The van der Waals surface area contributed by atoms with E-state index in [2.05, 4.69) is 10.3 Å². The highest BCUT2D eigenvalue weighted by molar-refractivity contribution is 5.27. The molecule has 0 bridgehead atoms. The zero-order valence-corrected chi connectivity index (χ0v) is 9.43. The van der Waals surface area contributed by atoms with Crippen LogP contribution in [-0.4, -0.2) is 17.6 Å². The molecule has 1 aliphatic rings. The van der Waals surface area contributed by atoms with E-state index in [0.717, 1.165) is 32.0 Å². The highest BCUT2D eigenvalue weighted by Gasteiger charge is 2.34. The first-order valence-corrected chi connectivity index (χ1v) is 5.81. The SMILES string of the molecule is FC(F)(F)c1cnccc1CC1CCCCN1. The zero-order valence-electron chi connectivity index (χ0n) is 9.43. The van der Waals surface area contributed by atoms with E-state index in [4.69, 9.17) is 0 Å². The molecule has 1 saturated heterocycles. The zero-order chi connectivity index (χ0) is 12.3. The Balaban J connectivity index is 2.14.